The lowest BCUT2D eigenvalue weighted by molar-refractivity contribution is -0.126. The molecule has 1 amide bonds. The van der Waals surface area contributed by atoms with Gasteiger partial charge in [0.05, 0.1) is 18.8 Å². The second-order valence-corrected chi connectivity index (χ2v) is 7.78. The van der Waals surface area contributed by atoms with Crippen molar-refractivity contribution < 1.29 is 28.2 Å². The van der Waals surface area contributed by atoms with E-state index in [0.717, 1.165) is 24.6 Å². The zero-order chi connectivity index (χ0) is 22.3. The number of amides is 1. The molecule has 1 fully saturated rings. The Balaban J connectivity index is 0.000000269. The van der Waals surface area contributed by atoms with Gasteiger partial charge >= 0.3 is 0 Å². The third kappa shape index (κ3) is 7.35. The van der Waals surface area contributed by atoms with Crippen molar-refractivity contribution in [2.24, 2.45) is 0 Å². The maximum absolute atomic E-state index is 12.5. The Morgan fingerprint density at radius 3 is 2.63 bits per heavy atom. The number of hydrogen-bond acceptors (Lipinski definition) is 5. The molecule has 1 aliphatic heterocycles. The first kappa shape index (κ1) is 23.7. The van der Waals surface area contributed by atoms with Crippen LogP contribution in [0.1, 0.15) is 39.3 Å². The molecule has 2 heterocycles. The molecule has 1 aliphatic rings. The van der Waals surface area contributed by atoms with Gasteiger partial charge in [0.2, 0.25) is 5.82 Å². The van der Waals surface area contributed by atoms with E-state index < -0.39 is 17.2 Å². The van der Waals surface area contributed by atoms with Gasteiger partial charge in [0.15, 0.2) is 11.6 Å². The van der Waals surface area contributed by atoms with Crippen LogP contribution in [0.4, 0.5) is 14.5 Å². The van der Waals surface area contributed by atoms with Gasteiger partial charge < -0.3 is 19.9 Å². The van der Waals surface area contributed by atoms with Gasteiger partial charge in [-0.2, -0.15) is 4.39 Å². The van der Waals surface area contributed by atoms with Crippen LogP contribution in [-0.2, 0) is 16.0 Å². The summed E-state index contributed by atoms with van der Waals surface area (Å²) in [5, 5.41) is 12.6. The number of halogens is 2. The van der Waals surface area contributed by atoms with Gasteiger partial charge in [-0.15, -0.1) is 0 Å². The number of carbonyl (C=O) groups is 1. The van der Waals surface area contributed by atoms with Gasteiger partial charge in [0.1, 0.15) is 6.10 Å². The molecule has 1 aromatic carbocycles. The van der Waals surface area contributed by atoms with Crippen molar-refractivity contribution in [2.45, 2.75) is 57.8 Å². The third-order valence-corrected chi connectivity index (χ3v) is 4.36. The molecule has 2 unspecified atom stereocenters. The number of rotatable bonds is 5. The van der Waals surface area contributed by atoms with Crippen molar-refractivity contribution in [3.63, 3.8) is 0 Å². The smallest absolute Gasteiger partial charge is 0.253 e. The average Bonchev–Trinajstić information content (AvgIpc) is 3.10. The topological polar surface area (TPSA) is 80.7 Å². The highest BCUT2D eigenvalue weighted by Gasteiger charge is 2.28. The minimum atomic E-state index is -0.940. The highest BCUT2D eigenvalue weighted by atomic mass is 19.2. The molecule has 3 rings (SSSR count). The predicted octanol–water partition coefficient (Wildman–Crippen LogP) is 3.87. The standard InChI is InChI=1S/C15H22N2O3.C7H6F2O/c1-10-4-5-13(20-10)14(18)17-11-6-7-16-12(8-11)9-15(2,3)19;1-10-6-4-2-3-5(8)7(6)9/h6-8,10,13,19H,4-5,9H2,1-3H3,(H,16,17,18);2-4H,1H3. The van der Waals surface area contributed by atoms with Crippen LogP contribution in [-0.4, -0.2) is 40.9 Å². The van der Waals surface area contributed by atoms with Crippen molar-refractivity contribution in [3.8, 4) is 5.75 Å². The van der Waals surface area contributed by atoms with E-state index in [1.807, 2.05) is 6.92 Å². The molecule has 164 valence electrons. The fourth-order valence-corrected chi connectivity index (χ4v) is 2.96. The second kappa shape index (κ2) is 10.4. The number of anilines is 1. The number of benzene rings is 1. The Bertz CT molecular complexity index is 855. The van der Waals surface area contributed by atoms with E-state index in [1.165, 1.54) is 19.2 Å². The fraction of sp³-hybridized carbons (Fsp3) is 0.455. The highest BCUT2D eigenvalue weighted by Crippen LogP contribution is 2.21. The quantitative estimate of drug-likeness (QED) is 0.765. The number of nitrogens with one attached hydrogen (secondary N) is 1. The number of hydrogen-bond donors (Lipinski definition) is 2. The molecule has 8 heteroatoms. The highest BCUT2D eigenvalue weighted by molar-refractivity contribution is 5.94. The van der Waals surface area contributed by atoms with Gasteiger partial charge in [-0.25, -0.2) is 4.39 Å². The molecule has 0 aliphatic carbocycles. The molecule has 2 atom stereocenters. The SMILES string of the molecule is CC1CCC(C(=O)Nc2ccnc(CC(C)(C)O)c2)O1.COc1cccc(F)c1F. The molecule has 2 N–H and O–H groups in total. The summed E-state index contributed by atoms with van der Waals surface area (Å²) < 4.78 is 34.9. The molecule has 30 heavy (non-hydrogen) atoms. The van der Waals surface area contributed by atoms with Crippen molar-refractivity contribution in [1.82, 2.24) is 4.98 Å². The van der Waals surface area contributed by atoms with Crippen LogP contribution in [0, 0.1) is 11.6 Å². The lowest BCUT2D eigenvalue weighted by Gasteiger charge is -2.17. The number of aliphatic hydroxyl groups is 1. The molecule has 0 bridgehead atoms. The van der Waals surface area contributed by atoms with E-state index in [1.54, 1.807) is 32.2 Å². The number of carbonyl (C=O) groups excluding carboxylic acids is 1. The minimum absolute atomic E-state index is 0.0694. The van der Waals surface area contributed by atoms with E-state index in [0.29, 0.717) is 12.1 Å². The Hall–Kier alpha value is -2.58. The minimum Gasteiger partial charge on any atom is -0.494 e. The van der Waals surface area contributed by atoms with Crippen molar-refractivity contribution >= 4 is 11.6 Å². The van der Waals surface area contributed by atoms with E-state index >= 15 is 0 Å². The number of ether oxygens (including phenoxy) is 2. The first-order valence-corrected chi connectivity index (χ1v) is 9.70. The summed E-state index contributed by atoms with van der Waals surface area (Å²) in [5.41, 5.74) is 0.614. The van der Waals surface area contributed by atoms with Crippen LogP contribution in [0.5, 0.6) is 5.75 Å². The lowest BCUT2D eigenvalue weighted by atomic mass is 10.0. The zero-order valence-corrected chi connectivity index (χ0v) is 17.6. The summed E-state index contributed by atoms with van der Waals surface area (Å²) in [6.07, 6.45) is 3.53. The summed E-state index contributed by atoms with van der Waals surface area (Å²) in [6.45, 7) is 5.43. The predicted molar refractivity (Wildman–Crippen MR) is 109 cm³/mol. The Labute approximate surface area is 175 Å². The Morgan fingerprint density at radius 1 is 1.33 bits per heavy atom. The summed E-state index contributed by atoms with van der Waals surface area (Å²) in [4.78, 5) is 16.2. The van der Waals surface area contributed by atoms with Gasteiger partial charge in [0, 0.05) is 24.0 Å². The molecule has 0 radical (unpaired) electrons. The molecule has 6 nitrogen and oxygen atoms in total. The Morgan fingerprint density at radius 2 is 2.07 bits per heavy atom. The monoisotopic (exact) mass is 422 g/mol. The van der Waals surface area contributed by atoms with Crippen LogP contribution >= 0.6 is 0 Å². The zero-order valence-electron chi connectivity index (χ0n) is 17.6. The molecular formula is C22H28F2N2O4. The number of nitrogens with zero attached hydrogens (tertiary/aromatic N) is 1. The first-order valence-electron chi connectivity index (χ1n) is 9.70. The van der Waals surface area contributed by atoms with Gasteiger partial charge in [-0.3, -0.25) is 9.78 Å². The molecule has 2 aromatic rings. The third-order valence-electron chi connectivity index (χ3n) is 4.36. The molecule has 0 spiro atoms. The van der Waals surface area contributed by atoms with Gasteiger partial charge in [-0.1, -0.05) is 6.07 Å². The maximum atomic E-state index is 12.5. The Kier molecular flexibility index (Phi) is 8.25. The van der Waals surface area contributed by atoms with Gasteiger partial charge in [0.25, 0.3) is 5.91 Å². The van der Waals surface area contributed by atoms with Crippen LogP contribution in [0.3, 0.4) is 0 Å². The summed E-state index contributed by atoms with van der Waals surface area (Å²) in [5.74, 6) is -2.01. The lowest BCUT2D eigenvalue weighted by Crippen LogP contribution is -2.28. The maximum Gasteiger partial charge on any atom is 0.253 e. The van der Waals surface area contributed by atoms with E-state index in [9.17, 15) is 18.7 Å². The van der Waals surface area contributed by atoms with Crippen LogP contribution in [0.25, 0.3) is 0 Å². The number of aromatic nitrogens is 1. The van der Waals surface area contributed by atoms with E-state index in [2.05, 4.69) is 15.0 Å². The van der Waals surface area contributed by atoms with Crippen LogP contribution in [0.15, 0.2) is 36.5 Å². The molecule has 1 aromatic heterocycles. The normalized spacial score (nSPS) is 18.4. The molecule has 1 saturated heterocycles. The van der Waals surface area contributed by atoms with E-state index in [4.69, 9.17) is 4.74 Å². The number of pyridine rings is 1. The van der Waals surface area contributed by atoms with Crippen LogP contribution in [0.2, 0.25) is 0 Å². The summed E-state index contributed by atoms with van der Waals surface area (Å²) in [7, 11) is 1.29. The first-order chi connectivity index (χ1) is 14.1. The second-order valence-electron chi connectivity index (χ2n) is 7.78. The largest absolute Gasteiger partial charge is 0.494 e. The molecular weight excluding hydrogens is 394 g/mol. The van der Waals surface area contributed by atoms with Crippen LogP contribution < -0.4 is 10.1 Å². The molecule has 0 saturated carbocycles. The fourth-order valence-electron chi connectivity index (χ4n) is 2.96. The average molecular weight is 422 g/mol. The number of methoxy groups -OCH3 is 1. The van der Waals surface area contributed by atoms with Crippen molar-refractivity contribution in [1.29, 1.82) is 0 Å². The summed E-state index contributed by atoms with van der Waals surface area (Å²) in [6, 6.07) is 7.31. The van der Waals surface area contributed by atoms with Crippen molar-refractivity contribution in [2.75, 3.05) is 12.4 Å². The summed E-state index contributed by atoms with van der Waals surface area (Å²) >= 11 is 0. The van der Waals surface area contributed by atoms with Gasteiger partial charge in [-0.05, 0) is 57.9 Å². The van der Waals surface area contributed by atoms with E-state index in [-0.39, 0.29) is 23.9 Å². The van der Waals surface area contributed by atoms with Crippen molar-refractivity contribution in [3.05, 3.63) is 53.9 Å².